The van der Waals surface area contributed by atoms with Crippen LogP contribution in [0.4, 0.5) is 10.5 Å². The highest BCUT2D eigenvalue weighted by atomic mass is 16.5. The monoisotopic (exact) mass is 334 g/mol. The normalized spacial score (nSPS) is 15.0. The van der Waals surface area contributed by atoms with Crippen molar-refractivity contribution in [3.05, 3.63) is 28.8 Å². The molecule has 1 fully saturated rings. The molecule has 2 amide bonds. The van der Waals surface area contributed by atoms with Gasteiger partial charge in [0, 0.05) is 18.8 Å². The van der Waals surface area contributed by atoms with Crippen LogP contribution in [0.1, 0.15) is 34.3 Å². The number of carboxylic acid groups (broad SMARTS) is 1. The average molecular weight is 334 g/mol. The Bertz CT molecular complexity index is 663. The van der Waals surface area contributed by atoms with Crippen molar-refractivity contribution >= 4 is 23.7 Å². The predicted molar refractivity (Wildman–Crippen MR) is 88.2 cm³/mol. The van der Waals surface area contributed by atoms with Crippen LogP contribution in [0.5, 0.6) is 0 Å². The first-order chi connectivity index (χ1) is 11.3. The maximum absolute atomic E-state index is 12.4. The molecule has 0 aromatic heterocycles. The zero-order valence-electron chi connectivity index (χ0n) is 14.1. The third-order valence-electron chi connectivity index (χ3n) is 4.35. The van der Waals surface area contributed by atoms with Crippen LogP contribution in [0, 0.1) is 19.8 Å². The zero-order valence-corrected chi connectivity index (χ0v) is 14.1. The molecule has 1 saturated heterocycles. The zero-order chi connectivity index (χ0) is 17.9. The van der Waals surface area contributed by atoms with E-state index in [0.717, 1.165) is 11.1 Å². The first-order valence-electron chi connectivity index (χ1n) is 7.81. The molecule has 0 bridgehead atoms. The number of nitrogens with one attached hydrogen (secondary N) is 1. The summed E-state index contributed by atoms with van der Waals surface area (Å²) in [7, 11) is 1.31. The first kappa shape index (κ1) is 17.8. The van der Waals surface area contributed by atoms with Gasteiger partial charge in [0.05, 0.1) is 18.6 Å². The number of aliphatic carboxylic acids is 1. The van der Waals surface area contributed by atoms with Gasteiger partial charge in [-0.05, 0) is 43.9 Å². The summed E-state index contributed by atoms with van der Waals surface area (Å²) >= 11 is 0. The van der Waals surface area contributed by atoms with Crippen LogP contribution in [0.25, 0.3) is 0 Å². The lowest BCUT2D eigenvalue weighted by Gasteiger charge is -2.30. The fraction of sp³-hybridized carbons (Fsp3) is 0.471. The van der Waals surface area contributed by atoms with E-state index in [1.807, 2.05) is 19.9 Å². The van der Waals surface area contributed by atoms with E-state index < -0.39 is 11.9 Å². The second-order valence-electron chi connectivity index (χ2n) is 6.00. The minimum absolute atomic E-state index is 0.290. The number of carbonyl (C=O) groups excluding carboxylic acids is 2. The highest BCUT2D eigenvalue weighted by Crippen LogP contribution is 2.23. The number of urea groups is 1. The van der Waals surface area contributed by atoms with Crippen LogP contribution >= 0.6 is 0 Å². The molecule has 130 valence electrons. The van der Waals surface area contributed by atoms with E-state index >= 15 is 0 Å². The molecule has 1 aliphatic rings. The Labute approximate surface area is 140 Å². The number of anilines is 1. The molecular formula is C17H22N2O5. The lowest BCUT2D eigenvalue weighted by molar-refractivity contribution is -0.143. The maximum atomic E-state index is 12.4. The number of esters is 1. The number of amides is 2. The van der Waals surface area contributed by atoms with Crippen molar-refractivity contribution in [2.24, 2.45) is 5.92 Å². The molecule has 2 rings (SSSR count). The Balaban J connectivity index is 2.09. The standard InChI is InChI=1S/C17H22N2O5/c1-10-8-11(2)14(9-13(10)16(22)24-3)18-17(23)19-6-4-12(5-7-19)15(20)21/h8-9,12H,4-7H2,1-3H3,(H,18,23)(H,20,21). The minimum atomic E-state index is -0.813. The summed E-state index contributed by atoms with van der Waals surface area (Å²) in [5, 5.41) is 11.8. The summed E-state index contributed by atoms with van der Waals surface area (Å²) in [6, 6.07) is 3.14. The molecule has 0 unspecified atom stereocenters. The molecular weight excluding hydrogens is 312 g/mol. The van der Waals surface area contributed by atoms with Gasteiger partial charge in [-0.15, -0.1) is 0 Å². The number of carbonyl (C=O) groups is 3. The van der Waals surface area contributed by atoms with E-state index in [1.165, 1.54) is 7.11 Å². The maximum Gasteiger partial charge on any atom is 0.338 e. The quantitative estimate of drug-likeness (QED) is 0.828. The number of nitrogens with zero attached hydrogens (tertiary/aromatic N) is 1. The van der Waals surface area contributed by atoms with Crippen molar-refractivity contribution in [3.8, 4) is 0 Å². The Morgan fingerprint density at radius 2 is 1.79 bits per heavy atom. The van der Waals surface area contributed by atoms with Crippen LogP contribution in [-0.2, 0) is 9.53 Å². The topological polar surface area (TPSA) is 95.9 Å². The lowest BCUT2D eigenvalue weighted by atomic mass is 9.97. The third-order valence-corrected chi connectivity index (χ3v) is 4.35. The molecule has 7 nitrogen and oxygen atoms in total. The summed E-state index contributed by atoms with van der Waals surface area (Å²) in [5.41, 5.74) is 2.57. The predicted octanol–water partition coefficient (Wildman–Crippen LogP) is 2.42. The Morgan fingerprint density at radius 3 is 2.33 bits per heavy atom. The van der Waals surface area contributed by atoms with E-state index in [-0.39, 0.29) is 11.9 Å². The number of aryl methyl sites for hydroxylation is 2. The summed E-state index contributed by atoms with van der Waals surface area (Å²) in [6.45, 7) is 4.46. The van der Waals surface area contributed by atoms with Crippen molar-refractivity contribution in [2.45, 2.75) is 26.7 Å². The summed E-state index contributed by atoms with van der Waals surface area (Å²) in [6.07, 6.45) is 0.895. The molecule has 0 saturated carbocycles. The molecule has 24 heavy (non-hydrogen) atoms. The van der Waals surface area contributed by atoms with Gasteiger partial charge >= 0.3 is 18.0 Å². The van der Waals surface area contributed by atoms with Gasteiger partial charge in [0.2, 0.25) is 0 Å². The van der Waals surface area contributed by atoms with Gasteiger partial charge in [-0.1, -0.05) is 6.07 Å². The summed E-state index contributed by atoms with van der Waals surface area (Å²) in [4.78, 5) is 36.7. The van der Waals surface area contributed by atoms with Gasteiger partial charge in [0.25, 0.3) is 0 Å². The van der Waals surface area contributed by atoms with E-state index in [4.69, 9.17) is 9.84 Å². The van der Waals surface area contributed by atoms with Gasteiger partial charge in [0.15, 0.2) is 0 Å². The Hall–Kier alpha value is -2.57. The summed E-state index contributed by atoms with van der Waals surface area (Å²) in [5.74, 6) is -1.65. The molecule has 0 radical (unpaired) electrons. The number of methoxy groups -OCH3 is 1. The van der Waals surface area contributed by atoms with Crippen molar-refractivity contribution in [1.29, 1.82) is 0 Å². The van der Waals surface area contributed by atoms with E-state index in [0.29, 0.717) is 37.2 Å². The number of carboxylic acids is 1. The minimum Gasteiger partial charge on any atom is -0.481 e. The Kier molecular flexibility index (Phi) is 5.43. The summed E-state index contributed by atoms with van der Waals surface area (Å²) < 4.78 is 4.75. The van der Waals surface area contributed by atoms with Crippen molar-refractivity contribution in [2.75, 3.05) is 25.5 Å². The van der Waals surface area contributed by atoms with Crippen LogP contribution in [-0.4, -0.2) is 48.2 Å². The van der Waals surface area contributed by atoms with Gasteiger partial charge < -0.3 is 20.1 Å². The smallest absolute Gasteiger partial charge is 0.338 e. The lowest BCUT2D eigenvalue weighted by Crippen LogP contribution is -2.42. The molecule has 2 N–H and O–H groups in total. The largest absolute Gasteiger partial charge is 0.481 e. The van der Waals surface area contributed by atoms with Crippen molar-refractivity contribution in [3.63, 3.8) is 0 Å². The van der Waals surface area contributed by atoms with E-state index in [1.54, 1.807) is 11.0 Å². The molecule has 1 aromatic rings. The van der Waals surface area contributed by atoms with Crippen LogP contribution in [0.3, 0.4) is 0 Å². The number of hydrogen-bond acceptors (Lipinski definition) is 4. The molecule has 1 heterocycles. The average Bonchev–Trinajstić information content (AvgIpc) is 2.56. The van der Waals surface area contributed by atoms with Crippen LogP contribution in [0.2, 0.25) is 0 Å². The molecule has 1 aliphatic heterocycles. The van der Waals surface area contributed by atoms with Gasteiger partial charge in [-0.2, -0.15) is 0 Å². The number of ether oxygens (including phenoxy) is 1. The second kappa shape index (κ2) is 7.33. The highest BCUT2D eigenvalue weighted by molar-refractivity contribution is 5.95. The molecule has 0 atom stereocenters. The Morgan fingerprint density at radius 1 is 1.17 bits per heavy atom. The molecule has 0 spiro atoms. The van der Waals surface area contributed by atoms with Gasteiger partial charge in [-0.3, -0.25) is 4.79 Å². The fourth-order valence-electron chi connectivity index (χ4n) is 2.84. The fourth-order valence-corrected chi connectivity index (χ4v) is 2.84. The van der Waals surface area contributed by atoms with Crippen LogP contribution in [0.15, 0.2) is 12.1 Å². The highest BCUT2D eigenvalue weighted by Gasteiger charge is 2.27. The third kappa shape index (κ3) is 3.84. The van der Waals surface area contributed by atoms with Crippen molar-refractivity contribution < 1.29 is 24.2 Å². The number of likely N-dealkylation sites (tertiary alicyclic amines) is 1. The van der Waals surface area contributed by atoms with E-state index in [9.17, 15) is 14.4 Å². The second-order valence-corrected chi connectivity index (χ2v) is 6.00. The number of rotatable bonds is 3. The van der Waals surface area contributed by atoms with Gasteiger partial charge in [0.1, 0.15) is 0 Å². The van der Waals surface area contributed by atoms with Gasteiger partial charge in [-0.25, -0.2) is 9.59 Å². The molecule has 0 aliphatic carbocycles. The SMILES string of the molecule is COC(=O)c1cc(NC(=O)N2CCC(C(=O)O)CC2)c(C)cc1C. The number of hydrogen-bond donors (Lipinski definition) is 2. The number of piperidine rings is 1. The first-order valence-corrected chi connectivity index (χ1v) is 7.81. The van der Waals surface area contributed by atoms with Crippen molar-refractivity contribution in [1.82, 2.24) is 4.90 Å². The molecule has 1 aromatic carbocycles. The van der Waals surface area contributed by atoms with E-state index in [2.05, 4.69) is 5.32 Å². The molecule has 7 heteroatoms. The number of benzene rings is 1. The van der Waals surface area contributed by atoms with Crippen LogP contribution < -0.4 is 5.32 Å².